The third-order valence-corrected chi connectivity index (χ3v) is 5.03. The molecule has 0 aliphatic carbocycles. The molecule has 1 N–H and O–H groups in total. The quantitative estimate of drug-likeness (QED) is 0.598. The molecule has 0 unspecified atom stereocenters. The summed E-state index contributed by atoms with van der Waals surface area (Å²) in [4.78, 5) is 39.2. The van der Waals surface area contributed by atoms with Crippen LogP contribution < -0.4 is 4.90 Å². The van der Waals surface area contributed by atoms with Gasteiger partial charge >= 0.3 is 5.97 Å². The molecule has 1 fully saturated rings. The molecule has 2 aromatic carbocycles. The molecule has 8 heteroatoms. The Kier molecular flexibility index (Phi) is 6.34. The van der Waals surface area contributed by atoms with E-state index in [-0.39, 0.29) is 23.0 Å². The number of Topliss-reactive ketones (excluding diaryl/α,β-unsaturated/α-hetero) is 1. The molecule has 0 radical (unpaired) electrons. The van der Waals surface area contributed by atoms with E-state index in [0.29, 0.717) is 37.4 Å². The molecule has 0 saturated carbocycles. The summed E-state index contributed by atoms with van der Waals surface area (Å²) < 4.78 is 19.4. The predicted octanol–water partition coefficient (Wildman–Crippen LogP) is 2.55. The molecule has 3 rings (SSSR count). The van der Waals surface area contributed by atoms with Gasteiger partial charge in [-0.3, -0.25) is 9.59 Å². The second kappa shape index (κ2) is 8.94. The van der Waals surface area contributed by atoms with Crippen LogP contribution in [-0.4, -0.2) is 60.5 Å². The van der Waals surface area contributed by atoms with Crippen molar-refractivity contribution in [1.82, 2.24) is 4.90 Å². The number of piperazine rings is 1. The number of esters is 1. The number of carbonyl (C=O) groups is 3. The summed E-state index contributed by atoms with van der Waals surface area (Å²) in [5.74, 6) is -2.01. The number of hydrogen-bond donors (Lipinski definition) is 1. The molecule has 30 heavy (non-hydrogen) atoms. The van der Waals surface area contributed by atoms with Gasteiger partial charge in [0.1, 0.15) is 17.1 Å². The molecular formula is C22H23FN2O5. The fourth-order valence-corrected chi connectivity index (χ4v) is 3.29. The van der Waals surface area contributed by atoms with E-state index in [1.54, 1.807) is 34.9 Å². The van der Waals surface area contributed by atoms with Crippen LogP contribution in [0.5, 0.6) is 5.75 Å². The SMILES string of the molecule is CC(=O)c1ccc(N2CCN(C(=O)COC(=O)c3ccc(C)cc3O)CC2)c(F)c1. The van der Waals surface area contributed by atoms with Crippen molar-refractivity contribution in [3.8, 4) is 5.75 Å². The Hall–Kier alpha value is -3.42. The highest BCUT2D eigenvalue weighted by Gasteiger charge is 2.24. The number of aromatic hydroxyl groups is 1. The van der Waals surface area contributed by atoms with Crippen LogP contribution in [0.15, 0.2) is 36.4 Å². The van der Waals surface area contributed by atoms with Crippen molar-refractivity contribution in [2.24, 2.45) is 0 Å². The minimum Gasteiger partial charge on any atom is -0.507 e. The summed E-state index contributed by atoms with van der Waals surface area (Å²) in [6, 6.07) is 8.92. The first-order valence-corrected chi connectivity index (χ1v) is 9.56. The smallest absolute Gasteiger partial charge is 0.342 e. The van der Waals surface area contributed by atoms with E-state index in [9.17, 15) is 23.9 Å². The Balaban J connectivity index is 1.53. The van der Waals surface area contributed by atoms with Crippen LogP contribution in [0.25, 0.3) is 0 Å². The van der Waals surface area contributed by atoms with Crippen LogP contribution in [-0.2, 0) is 9.53 Å². The Bertz CT molecular complexity index is 983. The van der Waals surface area contributed by atoms with Crippen LogP contribution in [0.2, 0.25) is 0 Å². The second-order valence-corrected chi connectivity index (χ2v) is 7.19. The molecule has 1 aliphatic heterocycles. The number of carbonyl (C=O) groups excluding carboxylic acids is 3. The van der Waals surface area contributed by atoms with Crippen LogP contribution in [0, 0.1) is 12.7 Å². The first-order chi connectivity index (χ1) is 14.3. The molecule has 1 aliphatic rings. The maximum absolute atomic E-state index is 14.3. The number of aryl methyl sites for hydroxylation is 1. The van der Waals surface area contributed by atoms with Gasteiger partial charge in [-0.05, 0) is 49.7 Å². The fraction of sp³-hybridized carbons (Fsp3) is 0.318. The van der Waals surface area contributed by atoms with Gasteiger partial charge in [0.2, 0.25) is 0 Å². The van der Waals surface area contributed by atoms with Gasteiger partial charge in [-0.15, -0.1) is 0 Å². The van der Waals surface area contributed by atoms with E-state index in [4.69, 9.17) is 4.74 Å². The van der Waals surface area contributed by atoms with Crippen LogP contribution >= 0.6 is 0 Å². The van der Waals surface area contributed by atoms with Gasteiger partial charge in [-0.25, -0.2) is 9.18 Å². The predicted molar refractivity (Wildman–Crippen MR) is 108 cm³/mol. The third kappa shape index (κ3) is 4.76. The number of benzene rings is 2. The van der Waals surface area contributed by atoms with E-state index >= 15 is 0 Å². The maximum Gasteiger partial charge on any atom is 0.342 e. The standard InChI is InChI=1S/C22H23FN2O5/c1-14-3-5-17(20(27)11-14)22(29)30-13-21(28)25-9-7-24(8-10-25)19-6-4-16(15(2)26)12-18(19)23/h3-6,11-12,27H,7-10,13H2,1-2H3. The monoisotopic (exact) mass is 414 g/mol. The van der Waals surface area contributed by atoms with E-state index in [1.807, 2.05) is 0 Å². The average Bonchev–Trinajstić information content (AvgIpc) is 2.71. The first-order valence-electron chi connectivity index (χ1n) is 9.56. The number of halogens is 1. The lowest BCUT2D eigenvalue weighted by atomic mass is 10.1. The average molecular weight is 414 g/mol. The maximum atomic E-state index is 14.3. The number of anilines is 1. The Morgan fingerprint density at radius 2 is 1.77 bits per heavy atom. The van der Waals surface area contributed by atoms with Gasteiger partial charge in [-0.2, -0.15) is 0 Å². The Labute approximate surface area is 173 Å². The summed E-state index contributed by atoms with van der Waals surface area (Å²) in [5.41, 5.74) is 1.49. The van der Waals surface area contributed by atoms with E-state index in [1.165, 1.54) is 25.1 Å². The van der Waals surface area contributed by atoms with Crippen molar-refractivity contribution in [1.29, 1.82) is 0 Å². The zero-order chi connectivity index (χ0) is 21.8. The summed E-state index contributed by atoms with van der Waals surface area (Å²) in [6.07, 6.45) is 0. The lowest BCUT2D eigenvalue weighted by Crippen LogP contribution is -2.50. The zero-order valence-electron chi connectivity index (χ0n) is 16.9. The molecule has 0 aromatic heterocycles. The van der Waals surface area contributed by atoms with Gasteiger partial charge in [0, 0.05) is 31.7 Å². The molecule has 1 saturated heterocycles. The summed E-state index contributed by atoms with van der Waals surface area (Å²) in [6.45, 7) is 4.24. The van der Waals surface area contributed by atoms with E-state index in [0.717, 1.165) is 5.56 Å². The normalized spacial score (nSPS) is 13.8. The van der Waals surface area contributed by atoms with E-state index < -0.39 is 18.4 Å². The largest absolute Gasteiger partial charge is 0.507 e. The Morgan fingerprint density at radius 3 is 2.37 bits per heavy atom. The van der Waals surface area contributed by atoms with Crippen molar-refractivity contribution in [3.63, 3.8) is 0 Å². The van der Waals surface area contributed by atoms with Gasteiger partial charge in [0.15, 0.2) is 12.4 Å². The summed E-state index contributed by atoms with van der Waals surface area (Å²) in [5, 5.41) is 9.83. The molecule has 0 bridgehead atoms. The number of ether oxygens (including phenoxy) is 1. The van der Waals surface area contributed by atoms with Crippen LogP contribution in [0.1, 0.15) is 33.2 Å². The molecule has 2 aromatic rings. The lowest BCUT2D eigenvalue weighted by molar-refractivity contribution is -0.134. The van der Waals surface area contributed by atoms with Crippen molar-refractivity contribution in [3.05, 3.63) is 58.9 Å². The number of amides is 1. The van der Waals surface area contributed by atoms with E-state index in [2.05, 4.69) is 0 Å². The summed E-state index contributed by atoms with van der Waals surface area (Å²) in [7, 11) is 0. The molecule has 1 amide bonds. The number of phenols is 1. The van der Waals surface area contributed by atoms with Gasteiger partial charge in [-0.1, -0.05) is 6.07 Å². The summed E-state index contributed by atoms with van der Waals surface area (Å²) >= 11 is 0. The Morgan fingerprint density at radius 1 is 1.07 bits per heavy atom. The highest BCUT2D eigenvalue weighted by Crippen LogP contribution is 2.23. The number of rotatable bonds is 5. The highest BCUT2D eigenvalue weighted by molar-refractivity contribution is 5.94. The van der Waals surface area contributed by atoms with Crippen molar-refractivity contribution in [2.45, 2.75) is 13.8 Å². The van der Waals surface area contributed by atoms with Crippen molar-refractivity contribution >= 4 is 23.3 Å². The number of phenolic OH excluding ortho intramolecular Hbond substituents is 1. The van der Waals surface area contributed by atoms with Crippen LogP contribution in [0.3, 0.4) is 0 Å². The van der Waals surface area contributed by atoms with Gasteiger partial charge < -0.3 is 19.6 Å². The topological polar surface area (TPSA) is 87.2 Å². The minimum atomic E-state index is -0.771. The molecular weight excluding hydrogens is 391 g/mol. The molecule has 7 nitrogen and oxygen atoms in total. The zero-order valence-corrected chi connectivity index (χ0v) is 16.9. The number of nitrogens with zero attached hydrogens (tertiary/aromatic N) is 2. The molecule has 1 heterocycles. The number of hydrogen-bond acceptors (Lipinski definition) is 6. The fourth-order valence-electron chi connectivity index (χ4n) is 3.29. The molecule has 0 atom stereocenters. The third-order valence-electron chi connectivity index (χ3n) is 5.03. The van der Waals surface area contributed by atoms with Crippen molar-refractivity contribution < 1.29 is 28.6 Å². The number of ketones is 1. The van der Waals surface area contributed by atoms with Gasteiger partial charge in [0.05, 0.1) is 5.69 Å². The minimum absolute atomic E-state index is 0.00250. The second-order valence-electron chi connectivity index (χ2n) is 7.19. The van der Waals surface area contributed by atoms with Gasteiger partial charge in [0.25, 0.3) is 5.91 Å². The lowest BCUT2D eigenvalue weighted by Gasteiger charge is -2.36. The van der Waals surface area contributed by atoms with Crippen molar-refractivity contribution in [2.75, 3.05) is 37.7 Å². The first kappa shape index (κ1) is 21.3. The van der Waals surface area contributed by atoms with Crippen LogP contribution in [0.4, 0.5) is 10.1 Å². The highest BCUT2D eigenvalue weighted by atomic mass is 19.1. The molecule has 0 spiro atoms. The molecule has 158 valence electrons.